The van der Waals surface area contributed by atoms with Gasteiger partial charge in [-0.05, 0) is 6.20 Å². The predicted molar refractivity (Wildman–Crippen MR) is 26.7 cm³/mol. The minimum absolute atomic E-state index is 0.847. The van der Waals surface area contributed by atoms with Crippen molar-refractivity contribution in [3.05, 3.63) is 24.5 Å². The zero-order chi connectivity index (χ0) is 6.24. The summed E-state index contributed by atoms with van der Waals surface area (Å²) < 4.78 is 0. The van der Waals surface area contributed by atoms with Crippen LogP contribution in [0, 0.1) is 6.20 Å². The van der Waals surface area contributed by atoms with Gasteiger partial charge in [-0.1, -0.05) is 0 Å². The molecule has 1 rings (SSSR count). The molecular weight excluding hydrogens is 177 g/mol. The first-order chi connectivity index (χ1) is 4.00. The van der Waals surface area contributed by atoms with Crippen LogP contribution in [0.15, 0.2) is 18.3 Å². The fourth-order valence-corrected chi connectivity index (χ4v) is 0.225. The van der Waals surface area contributed by atoms with E-state index >= 15 is 0 Å². The fraction of sp³-hybridized carbons (Fsp3) is 0. The van der Waals surface area contributed by atoms with Crippen LogP contribution in [0.4, 0.5) is 0 Å². The summed E-state index contributed by atoms with van der Waals surface area (Å²) in [4.78, 5) is 0. The Balaban J connectivity index is 0.000000222. The van der Waals surface area contributed by atoms with Crippen LogP contribution in [-0.2, 0) is 17.3 Å². The minimum Gasteiger partial charge on any atom is -0.268 e. The average Bonchev–Trinajstić information content (AvgIpc) is 1.96. The zero-order valence-corrected chi connectivity index (χ0v) is 7.93. The van der Waals surface area contributed by atoms with Gasteiger partial charge in [-0.15, -0.1) is 6.20 Å². The number of hydrogen-bond donors (Lipinski definition) is 0. The van der Waals surface area contributed by atoms with Gasteiger partial charge < -0.3 is 0 Å². The van der Waals surface area contributed by atoms with E-state index in [0.717, 1.165) is 17.3 Å². The maximum Gasteiger partial charge on any atom is -0.0329 e. The SMILES string of the molecule is [Cl][Zn+].[c-]1cccnn1. The molecule has 0 saturated heterocycles. The first-order valence-corrected chi connectivity index (χ1v) is 5.80. The second-order valence-electron chi connectivity index (χ2n) is 0.853. The van der Waals surface area contributed by atoms with Crippen molar-refractivity contribution < 1.29 is 17.3 Å². The molecule has 0 fully saturated rings. The third-order valence-electron chi connectivity index (χ3n) is 0.439. The van der Waals surface area contributed by atoms with Crippen LogP contribution in [0.2, 0.25) is 0 Å². The van der Waals surface area contributed by atoms with Crippen molar-refractivity contribution in [2.45, 2.75) is 0 Å². The van der Waals surface area contributed by atoms with Crippen LogP contribution in [0.1, 0.15) is 0 Å². The van der Waals surface area contributed by atoms with Gasteiger partial charge in [0.2, 0.25) is 0 Å². The van der Waals surface area contributed by atoms with E-state index in [1.54, 1.807) is 18.3 Å². The number of nitrogens with zero attached hydrogens (tertiary/aromatic N) is 2. The summed E-state index contributed by atoms with van der Waals surface area (Å²) in [7, 11) is 4.76. The normalized spacial score (nSPS) is 6.88. The molecule has 1 heterocycles. The van der Waals surface area contributed by atoms with Gasteiger partial charge in [0.05, 0.1) is 0 Å². The molecule has 0 aromatic carbocycles. The van der Waals surface area contributed by atoms with Crippen molar-refractivity contribution in [2.24, 2.45) is 0 Å². The smallest absolute Gasteiger partial charge is 0.0329 e. The second-order valence-corrected chi connectivity index (χ2v) is 0.853. The third kappa shape index (κ3) is 4.16. The van der Waals surface area contributed by atoms with Crippen LogP contribution in [0.25, 0.3) is 0 Å². The Hall–Kier alpha value is -0.00662. The van der Waals surface area contributed by atoms with E-state index < -0.39 is 0 Å². The van der Waals surface area contributed by atoms with E-state index in [1.807, 2.05) is 0 Å². The van der Waals surface area contributed by atoms with Crippen molar-refractivity contribution in [2.75, 3.05) is 0 Å². The molecule has 0 amide bonds. The molecule has 8 heavy (non-hydrogen) atoms. The van der Waals surface area contributed by atoms with E-state index in [1.165, 1.54) is 0 Å². The predicted octanol–water partition coefficient (Wildman–Crippen LogP) is 0.964. The molecule has 0 aliphatic rings. The first-order valence-electron chi connectivity index (χ1n) is 1.90. The Morgan fingerprint density at radius 3 is 2.38 bits per heavy atom. The number of halogens is 1. The van der Waals surface area contributed by atoms with Gasteiger partial charge in [-0.25, -0.2) is 6.07 Å². The van der Waals surface area contributed by atoms with Gasteiger partial charge >= 0.3 is 27.0 Å². The van der Waals surface area contributed by atoms with E-state index in [2.05, 4.69) is 16.4 Å². The molecule has 4 heteroatoms. The molecule has 1 aromatic heterocycles. The summed E-state index contributed by atoms with van der Waals surface area (Å²) >= 11 is 0.847. The molecule has 0 saturated carbocycles. The molecule has 0 atom stereocenters. The topological polar surface area (TPSA) is 25.8 Å². The maximum atomic E-state index is 4.76. The van der Waals surface area contributed by atoms with Crippen molar-refractivity contribution in [3.63, 3.8) is 0 Å². The average molecular weight is 180 g/mol. The van der Waals surface area contributed by atoms with E-state index in [-0.39, 0.29) is 0 Å². The van der Waals surface area contributed by atoms with E-state index in [0.29, 0.717) is 0 Å². The molecule has 0 radical (unpaired) electrons. The fourth-order valence-electron chi connectivity index (χ4n) is 0.225. The molecule has 0 aliphatic carbocycles. The summed E-state index contributed by atoms with van der Waals surface area (Å²) in [6, 6.07) is 3.47. The number of rotatable bonds is 0. The molecule has 0 spiro atoms. The Morgan fingerprint density at radius 1 is 1.50 bits per heavy atom. The van der Waals surface area contributed by atoms with Gasteiger partial charge in [-0.2, -0.15) is 11.2 Å². The number of aromatic nitrogens is 2. The molecular formula is C4H3ClN2Zn. The standard InChI is InChI=1S/C4H3N2.ClH.Zn/c1-2-4-6-5-3-1;;/h1-3H;1H;/q-1;;+2/p-1. The van der Waals surface area contributed by atoms with E-state index in [4.69, 9.17) is 9.69 Å². The molecule has 0 N–H and O–H groups in total. The van der Waals surface area contributed by atoms with Gasteiger partial charge in [0, 0.05) is 0 Å². The third-order valence-corrected chi connectivity index (χ3v) is 0.439. The van der Waals surface area contributed by atoms with Gasteiger partial charge in [-0.3, -0.25) is 5.10 Å². The van der Waals surface area contributed by atoms with Crippen LogP contribution < -0.4 is 0 Å². The monoisotopic (exact) mass is 178 g/mol. The molecule has 0 bridgehead atoms. The Kier molecular flexibility index (Phi) is 6.99. The second kappa shape index (κ2) is 6.99. The van der Waals surface area contributed by atoms with Crippen LogP contribution in [-0.4, -0.2) is 10.2 Å². The van der Waals surface area contributed by atoms with Crippen molar-refractivity contribution in [3.8, 4) is 0 Å². The van der Waals surface area contributed by atoms with Gasteiger partial charge in [0.1, 0.15) is 0 Å². The van der Waals surface area contributed by atoms with Crippen LogP contribution in [0.5, 0.6) is 0 Å². The summed E-state index contributed by atoms with van der Waals surface area (Å²) in [5.41, 5.74) is 0. The van der Waals surface area contributed by atoms with Gasteiger partial charge in [0.15, 0.2) is 0 Å². The summed E-state index contributed by atoms with van der Waals surface area (Å²) in [5, 5.41) is 6.89. The quantitative estimate of drug-likeness (QED) is 0.439. The van der Waals surface area contributed by atoms with Crippen molar-refractivity contribution in [1.29, 1.82) is 0 Å². The first kappa shape index (κ1) is 7.99. The largest absolute Gasteiger partial charge is 0.268 e. The summed E-state index contributed by atoms with van der Waals surface area (Å²) in [6.07, 6.45) is 4.14. The Labute approximate surface area is 62.0 Å². The van der Waals surface area contributed by atoms with Crippen LogP contribution >= 0.6 is 9.69 Å². The Bertz CT molecular complexity index is 86.0. The van der Waals surface area contributed by atoms with Crippen LogP contribution in [0.3, 0.4) is 0 Å². The molecule has 2 nitrogen and oxygen atoms in total. The summed E-state index contributed by atoms with van der Waals surface area (Å²) in [6.45, 7) is 0. The molecule has 1 aromatic rings. The van der Waals surface area contributed by atoms with E-state index in [9.17, 15) is 0 Å². The minimum atomic E-state index is 0.847. The van der Waals surface area contributed by atoms with Gasteiger partial charge in [0.25, 0.3) is 0 Å². The number of hydrogen-bond acceptors (Lipinski definition) is 2. The summed E-state index contributed by atoms with van der Waals surface area (Å²) in [5.74, 6) is 0. The molecule has 0 aliphatic heterocycles. The molecule has 0 unspecified atom stereocenters. The maximum absolute atomic E-state index is 4.76. The Morgan fingerprint density at radius 2 is 2.25 bits per heavy atom. The van der Waals surface area contributed by atoms with Crippen molar-refractivity contribution in [1.82, 2.24) is 10.2 Å². The van der Waals surface area contributed by atoms with Crippen molar-refractivity contribution >= 4 is 9.69 Å². The molecule has 38 valence electrons. The zero-order valence-electron chi connectivity index (χ0n) is 4.21.